The molecule has 0 saturated carbocycles. The summed E-state index contributed by atoms with van der Waals surface area (Å²) in [5, 5.41) is 0. The Balaban J connectivity index is 0.0000116. The van der Waals surface area contributed by atoms with Crippen LogP contribution in [-0.2, 0) is 68.1 Å². The van der Waals surface area contributed by atoms with Crippen molar-refractivity contribution in [2.75, 3.05) is 0 Å². The molecule has 0 spiro atoms. The fourth-order valence-electron chi connectivity index (χ4n) is 9.16. The van der Waals surface area contributed by atoms with Crippen LogP contribution in [0, 0.1) is 0 Å². The summed E-state index contributed by atoms with van der Waals surface area (Å²) >= 11 is 0. The minimum absolute atomic E-state index is 0. The van der Waals surface area contributed by atoms with Crippen LogP contribution in [0.4, 0.5) is 0 Å². The Morgan fingerprint density at radius 2 is 0.470 bits per heavy atom. The molecule has 4 rings (SSSR count). The Labute approximate surface area is 434 Å². The van der Waals surface area contributed by atoms with E-state index in [0.717, 1.165) is 44.5 Å². The number of benzene rings is 4. The summed E-state index contributed by atoms with van der Waals surface area (Å²) in [5.41, 5.74) is 7.48. The van der Waals surface area contributed by atoms with Crippen molar-refractivity contribution in [1.82, 2.24) is 0 Å². The van der Waals surface area contributed by atoms with Gasteiger partial charge in [0.15, 0.2) is 0 Å². The van der Waals surface area contributed by atoms with Crippen molar-refractivity contribution in [3.05, 3.63) is 140 Å². The predicted octanol–water partition coefficient (Wildman–Crippen LogP) is 16.5. The summed E-state index contributed by atoms with van der Waals surface area (Å²) in [6.07, 6.45) is 0. The summed E-state index contributed by atoms with van der Waals surface area (Å²) < 4.78 is 30.3. The molecule has 0 atom stereocenters. The Bertz CT molecular complexity index is 2100. The standard InChI is InChI=1S/C60H91O4P.Ca.2H/c1-51(2,3)39-27-31-43(47(35-39)55(13,14)15)59(25,44-32-28-40(52(4,5)6)36-48(44)56(16,17)18)63-65(61,62)64-60(26,45-33-29-41(53(7,8)9)37-49(45)57(19,20)21)46-34-30-42(54(10,11)12)38-50(46)58(22,23)24;;;/h27-38H,1-26H3,(H,61,62);;;. The fraction of sp³-hybridized carbons (Fsp3) is 0.600. The molecule has 0 amide bonds. The van der Waals surface area contributed by atoms with Gasteiger partial charge < -0.3 is 4.89 Å². The molecule has 0 heterocycles. The molecular formula is C60H93CaO4P. The van der Waals surface area contributed by atoms with Gasteiger partial charge in [-0.2, -0.15) is 0 Å². The summed E-state index contributed by atoms with van der Waals surface area (Å²) in [6.45, 7) is 57.2. The van der Waals surface area contributed by atoms with Gasteiger partial charge in [-0.25, -0.2) is 4.57 Å². The van der Waals surface area contributed by atoms with Crippen LogP contribution in [0.25, 0.3) is 0 Å². The van der Waals surface area contributed by atoms with Gasteiger partial charge in [-0.05, 0) is 124 Å². The van der Waals surface area contributed by atoms with Gasteiger partial charge in [0.25, 0.3) is 0 Å². The summed E-state index contributed by atoms with van der Waals surface area (Å²) in [6, 6.07) is 26.3. The van der Waals surface area contributed by atoms with Crippen molar-refractivity contribution in [2.24, 2.45) is 0 Å². The van der Waals surface area contributed by atoms with Crippen LogP contribution in [0.2, 0.25) is 0 Å². The summed E-state index contributed by atoms with van der Waals surface area (Å²) in [7, 11) is -5.06. The van der Waals surface area contributed by atoms with Crippen LogP contribution >= 0.6 is 7.82 Å². The van der Waals surface area contributed by atoms with Crippen LogP contribution in [0.3, 0.4) is 0 Å². The first kappa shape index (κ1) is 58.6. The van der Waals surface area contributed by atoms with E-state index in [1.165, 1.54) is 22.3 Å². The molecule has 4 aromatic carbocycles. The Morgan fingerprint density at radius 1 is 0.303 bits per heavy atom. The van der Waals surface area contributed by atoms with Crippen molar-refractivity contribution < 1.29 is 18.5 Å². The van der Waals surface area contributed by atoms with Gasteiger partial charge in [0, 0.05) is 0 Å². The molecule has 0 bridgehead atoms. The Kier molecular flexibility index (Phi) is 16.7. The zero-order chi connectivity index (χ0) is 50.3. The van der Waals surface area contributed by atoms with Crippen molar-refractivity contribution in [1.29, 1.82) is 0 Å². The molecular weight excluding hydrogens is 856 g/mol. The van der Waals surface area contributed by atoms with Gasteiger partial charge in [0.2, 0.25) is 0 Å². The monoisotopic (exact) mass is 949 g/mol. The summed E-state index contributed by atoms with van der Waals surface area (Å²) in [4.78, 5) is 13.1. The van der Waals surface area contributed by atoms with Gasteiger partial charge in [0.05, 0.1) is 0 Å². The van der Waals surface area contributed by atoms with E-state index in [-0.39, 0.29) is 81.1 Å². The van der Waals surface area contributed by atoms with E-state index in [9.17, 15) is 4.89 Å². The van der Waals surface area contributed by atoms with Crippen LogP contribution in [-0.4, -0.2) is 42.6 Å². The second kappa shape index (κ2) is 18.8. The van der Waals surface area contributed by atoms with E-state index in [4.69, 9.17) is 9.05 Å². The fourth-order valence-corrected chi connectivity index (χ4v) is 10.5. The average Bonchev–Trinajstić information content (AvgIpc) is 3.10. The van der Waals surface area contributed by atoms with Crippen LogP contribution in [0.5, 0.6) is 0 Å². The van der Waals surface area contributed by atoms with E-state index >= 15 is 4.57 Å². The minimum atomic E-state index is -5.06. The number of rotatable bonds is 8. The van der Waals surface area contributed by atoms with E-state index in [2.05, 4.69) is 239 Å². The number of phosphoric ester groups is 1. The van der Waals surface area contributed by atoms with E-state index in [0.29, 0.717) is 0 Å². The zero-order valence-corrected chi connectivity index (χ0v) is 46.9. The molecule has 0 unspecified atom stereocenters. The molecule has 0 aliphatic carbocycles. The number of hydrogen-bond donors (Lipinski definition) is 1. The SMILES string of the molecule is CC(C)(C)c1ccc(C(C)(OP(=O)(O)OC(C)(c2ccc(C(C)(C)C)cc2C(C)(C)C)c2ccc(C(C)(C)C)cc2C(C)(C)C)c2ccc(C(C)(C)C)cc2C(C)(C)C)c(C(C)(C)C)c1.[CaH2]. The maximum atomic E-state index is 16.0. The molecule has 0 aliphatic heterocycles. The normalized spacial score (nSPS) is 14.3. The predicted molar refractivity (Wildman–Crippen MR) is 289 cm³/mol. The van der Waals surface area contributed by atoms with Crippen molar-refractivity contribution in [3.8, 4) is 0 Å². The third-order valence-corrected chi connectivity index (χ3v) is 14.6. The molecule has 364 valence electrons. The topological polar surface area (TPSA) is 55.8 Å². The zero-order valence-electron chi connectivity index (χ0n) is 46.0. The second-order valence-corrected chi connectivity index (χ2v) is 29.1. The van der Waals surface area contributed by atoms with E-state index in [1.807, 2.05) is 13.8 Å². The third kappa shape index (κ3) is 13.0. The van der Waals surface area contributed by atoms with Crippen LogP contribution < -0.4 is 0 Å². The molecule has 66 heavy (non-hydrogen) atoms. The van der Waals surface area contributed by atoms with E-state index < -0.39 is 19.0 Å². The van der Waals surface area contributed by atoms with Crippen molar-refractivity contribution in [2.45, 2.75) is 235 Å². The Morgan fingerprint density at radius 3 is 0.606 bits per heavy atom. The molecule has 0 fully saturated rings. The summed E-state index contributed by atoms with van der Waals surface area (Å²) in [5.74, 6) is 0. The second-order valence-electron chi connectivity index (χ2n) is 27.8. The number of hydrogen-bond acceptors (Lipinski definition) is 3. The first-order valence-electron chi connectivity index (χ1n) is 24.1. The Hall–Kier alpha value is -1.75. The number of phosphoric acid groups is 1. The molecule has 0 radical (unpaired) electrons. The third-order valence-electron chi connectivity index (χ3n) is 13.4. The van der Waals surface area contributed by atoms with Gasteiger partial charge >= 0.3 is 45.6 Å². The molecule has 4 nitrogen and oxygen atoms in total. The quantitative estimate of drug-likeness (QED) is 0.141. The van der Waals surface area contributed by atoms with Crippen molar-refractivity contribution in [3.63, 3.8) is 0 Å². The van der Waals surface area contributed by atoms with E-state index in [1.54, 1.807) is 0 Å². The van der Waals surface area contributed by atoms with Gasteiger partial charge in [-0.15, -0.1) is 0 Å². The van der Waals surface area contributed by atoms with Gasteiger partial charge in [-0.1, -0.05) is 239 Å². The van der Waals surface area contributed by atoms with Crippen LogP contribution in [0.15, 0.2) is 72.8 Å². The molecule has 0 aromatic heterocycles. The van der Waals surface area contributed by atoms with Crippen LogP contribution in [0.1, 0.15) is 247 Å². The first-order chi connectivity index (χ1) is 28.7. The molecule has 1 N–H and O–H groups in total. The molecule has 4 aromatic rings. The maximum absolute atomic E-state index is 16.0. The average molecular weight is 949 g/mol. The molecule has 0 saturated heterocycles. The van der Waals surface area contributed by atoms with Gasteiger partial charge in [-0.3, -0.25) is 9.05 Å². The molecule has 6 heteroatoms. The van der Waals surface area contributed by atoms with Crippen molar-refractivity contribution >= 4 is 45.6 Å². The first-order valence-corrected chi connectivity index (χ1v) is 25.6. The molecule has 0 aliphatic rings. The van der Waals surface area contributed by atoms with Gasteiger partial charge in [0.1, 0.15) is 11.2 Å².